The van der Waals surface area contributed by atoms with Crippen molar-refractivity contribution in [2.75, 3.05) is 32.8 Å². The van der Waals surface area contributed by atoms with E-state index in [0.29, 0.717) is 12.5 Å². The molecule has 1 rings (SSSR count). The van der Waals surface area contributed by atoms with Gasteiger partial charge in [0.15, 0.2) is 0 Å². The van der Waals surface area contributed by atoms with Crippen LogP contribution in [0.2, 0.25) is 0 Å². The predicted octanol–water partition coefficient (Wildman–Crippen LogP) is -0.670. The number of amides is 1. The van der Waals surface area contributed by atoms with Crippen molar-refractivity contribution in [3.63, 3.8) is 0 Å². The number of rotatable bonds is 5. The number of hydrogen-bond donors (Lipinski definition) is 2. The van der Waals surface area contributed by atoms with E-state index < -0.39 is 0 Å². The summed E-state index contributed by atoms with van der Waals surface area (Å²) < 4.78 is 0. The first-order chi connectivity index (χ1) is 7.26. The molecule has 0 radical (unpaired) electrons. The molecule has 0 aliphatic carbocycles. The zero-order chi connectivity index (χ0) is 11.1. The van der Waals surface area contributed by atoms with Gasteiger partial charge in [0.25, 0.3) is 0 Å². The van der Waals surface area contributed by atoms with Gasteiger partial charge in [0.1, 0.15) is 6.54 Å². The lowest BCUT2D eigenvalue weighted by molar-refractivity contribution is -0.121. The van der Waals surface area contributed by atoms with Gasteiger partial charge in [-0.2, -0.15) is 5.26 Å². The molecule has 5 heteroatoms. The second kappa shape index (κ2) is 6.38. The molecule has 0 aromatic carbocycles. The lowest BCUT2D eigenvalue weighted by Gasteiger charge is -2.14. The molecule has 15 heavy (non-hydrogen) atoms. The summed E-state index contributed by atoms with van der Waals surface area (Å²) in [5.74, 6) is 0.417. The van der Waals surface area contributed by atoms with E-state index in [4.69, 9.17) is 10.4 Å². The van der Waals surface area contributed by atoms with Gasteiger partial charge in [0.2, 0.25) is 5.91 Å². The third kappa shape index (κ3) is 4.28. The molecule has 1 aliphatic heterocycles. The van der Waals surface area contributed by atoms with Crippen molar-refractivity contribution in [3.8, 4) is 6.07 Å². The number of aliphatic hydroxyl groups is 1. The van der Waals surface area contributed by atoms with Crippen molar-refractivity contribution in [2.45, 2.75) is 12.8 Å². The highest BCUT2D eigenvalue weighted by molar-refractivity contribution is 5.78. The number of nitriles is 1. The maximum atomic E-state index is 11.3. The Morgan fingerprint density at radius 2 is 2.47 bits per heavy atom. The Kier molecular flexibility index (Phi) is 5.08. The van der Waals surface area contributed by atoms with Crippen LogP contribution in [0.15, 0.2) is 0 Å². The molecule has 0 bridgehead atoms. The topological polar surface area (TPSA) is 76.4 Å². The summed E-state index contributed by atoms with van der Waals surface area (Å²) >= 11 is 0. The van der Waals surface area contributed by atoms with Crippen LogP contribution in [0.25, 0.3) is 0 Å². The molecule has 0 spiro atoms. The zero-order valence-corrected chi connectivity index (χ0v) is 8.78. The van der Waals surface area contributed by atoms with Crippen molar-refractivity contribution < 1.29 is 9.90 Å². The first-order valence-electron chi connectivity index (χ1n) is 5.23. The van der Waals surface area contributed by atoms with Crippen LogP contribution in [-0.4, -0.2) is 48.7 Å². The van der Waals surface area contributed by atoms with Crippen LogP contribution in [0.5, 0.6) is 0 Å². The molecular weight excluding hydrogens is 194 g/mol. The van der Waals surface area contributed by atoms with Crippen LogP contribution >= 0.6 is 0 Å². The number of nitrogens with one attached hydrogen (secondary N) is 1. The quantitative estimate of drug-likeness (QED) is 0.591. The molecule has 1 amide bonds. The van der Waals surface area contributed by atoms with Crippen LogP contribution in [0.3, 0.4) is 0 Å². The summed E-state index contributed by atoms with van der Waals surface area (Å²) in [6.07, 6.45) is 1.86. The van der Waals surface area contributed by atoms with Crippen LogP contribution in [0, 0.1) is 17.2 Å². The summed E-state index contributed by atoms with van der Waals surface area (Å²) in [4.78, 5) is 13.3. The first kappa shape index (κ1) is 12.0. The predicted molar refractivity (Wildman–Crippen MR) is 54.9 cm³/mol. The third-order valence-electron chi connectivity index (χ3n) is 2.64. The van der Waals surface area contributed by atoms with Crippen LogP contribution in [0.4, 0.5) is 0 Å². The lowest BCUT2D eigenvalue weighted by Crippen LogP contribution is -2.36. The third-order valence-corrected chi connectivity index (χ3v) is 2.64. The van der Waals surface area contributed by atoms with Gasteiger partial charge in [-0.05, 0) is 25.3 Å². The van der Waals surface area contributed by atoms with Gasteiger partial charge in [-0.3, -0.25) is 9.69 Å². The van der Waals surface area contributed by atoms with Crippen molar-refractivity contribution >= 4 is 5.91 Å². The summed E-state index contributed by atoms with van der Waals surface area (Å²) in [6.45, 7) is 2.45. The molecule has 84 valence electrons. The van der Waals surface area contributed by atoms with Crippen LogP contribution < -0.4 is 5.32 Å². The number of hydrogen-bond acceptors (Lipinski definition) is 4. The maximum Gasteiger partial charge on any atom is 0.235 e. The minimum atomic E-state index is -0.0961. The van der Waals surface area contributed by atoms with Crippen molar-refractivity contribution in [1.82, 2.24) is 10.2 Å². The molecule has 1 unspecified atom stereocenters. The monoisotopic (exact) mass is 211 g/mol. The number of nitrogens with zero attached hydrogens (tertiary/aromatic N) is 2. The molecule has 1 atom stereocenters. The Morgan fingerprint density at radius 1 is 1.67 bits per heavy atom. The van der Waals surface area contributed by atoms with Gasteiger partial charge >= 0.3 is 0 Å². The molecule has 5 nitrogen and oxygen atoms in total. The number of carbonyl (C=O) groups excluding carboxylic acids is 1. The zero-order valence-electron chi connectivity index (χ0n) is 8.78. The molecule has 1 fully saturated rings. The van der Waals surface area contributed by atoms with Gasteiger partial charge in [0.05, 0.1) is 12.6 Å². The Labute approximate surface area is 89.7 Å². The molecule has 0 aromatic rings. The van der Waals surface area contributed by atoms with E-state index in [2.05, 4.69) is 10.2 Å². The van der Waals surface area contributed by atoms with E-state index in [9.17, 15) is 4.79 Å². The second-order valence-electron chi connectivity index (χ2n) is 3.84. The summed E-state index contributed by atoms with van der Waals surface area (Å²) in [5.41, 5.74) is 0. The highest BCUT2D eigenvalue weighted by Gasteiger charge is 2.23. The highest BCUT2D eigenvalue weighted by Crippen LogP contribution is 2.18. The van der Waals surface area contributed by atoms with E-state index >= 15 is 0 Å². The fourth-order valence-corrected chi connectivity index (χ4v) is 1.87. The minimum Gasteiger partial charge on any atom is -0.396 e. The molecule has 1 aliphatic rings. The largest absolute Gasteiger partial charge is 0.396 e. The van der Waals surface area contributed by atoms with Crippen LogP contribution in [0.1, 0.15) is 12.8 Å². The summed E-state index contributed by atoms with van der Waals surface area (Å²) in [7, 11) is 0. The van der Waals surface area contributed by atoms with E-state index in [0.717, 1.165) is 25.9 Å². The Bertz CT molecular complexity index is 250. The van der Waals surface area contributed by atoms with Crippen molar-refractivity contribution in [1.29, 1.82) is 5.26 Å². The van der Waals surface area contributed by atoms with Crippen molar-refractivity contribution in [2.24, 2.45) is 5.92 Å². The average molecular weight is 211 g/mol. The lowest BCUT2D eigenvalue weighted by atomic mass is 10.1. The van der Waals surface area contributed by atoms with Crippen molar-refractivity contribution in [3.05, 3.63) is 0 Å². The number of likely N-dealkylation sites (tertiary alicyclic amines) is 1. The fraction of sp³-hybridized carbons (Fsp3) is 0.800. The van der Waals surface area contributed by atoms with Gasteiger partial charge in [-0.1, -0.05) is 0 Å². The molecular formula is C10H17N3O2. The standard InChI is InChI=1S/C10H17N3O2/c11-3-4-12-10(15)8-13-5-1-9(7-13)2-6-14/h9,14H,1-2,4-8H2,(H,12,15). The van der Waals surface area contributed by atoms with Gasteiger partial charge in [-0.25, -0.2) is 0 Å². The first-order valence-corrected chi connectivity index (χ1v) is 5.23. The Morgan fingerprint density at radius 3 is 3.13 bits per heavy atom. The minimum absolute atomic E-state index is 0.0761. The normalized spacial score (nSPS) is 21.2. The molecule has 0 aromatic heterocycles. The number of carbonyl (C=O) groups is 1. The SMILES string of the molecule is N#CCNC(=O)CN1CCC(CCO)C1. The number of aliphatic hydroxyl groups excluding tert-OH is 1. The second-order valence-corrected chi connectivity index (χ2v) is 3.84. The highest BCUT2D eigenvalue weighted by atomic mass is 16.3. The molecule has 1 saturated heterocycles. The molecule has 2 N–H and O–H groups in total. The van der Waals surface area contributed by atoms with Gasteiger partial charge in [0, 0.05) is 13.2 Å². The molecule has 1 heterocycles. The Balaban J connectivity index is 2.18. The smallest absolute Gasteiger partial charge is 0.235 e. The van der Waals surface area contributed by atoms with E-state index in [1.54, 1.807) is 0 Å². The maximum absolute atomic E-state index is 11.3. The van der Waals surface area contributed by atoms with E-state index in [1.165, 1.54) is 0 Å². The average Bonchev–Trinajstić information content (AvgIpc) is 2.63. The van der Waals surface area contributed by atoms with Crippen LogP contribution in [-0.2, 0) is 4.79 Å². The van der Waals surface area contributed by atoms with E-state index in [-0.39, 0.29) is 19.1 Å². The van der Waals surface area contributed by atoms with Gasteiger partial charge < -0.3 is 10.4 Å². The summed E-state index contributed by atoms with van der Waals surface area (Å²) in [6, 6.07) is 1.87. The summed E-state index contributed by atoms with van der Waals surface area (Å²) in [5, 5.41) is 19.6. The fourth-order valence-electron chi connectivity index (χ4n) is 1.87. The van der Waals surface area contributed by atoms with E-state index in [1.807, 2.05) is 6.07 Å². The van der Waals surface area contributed by atoms with Gasteiger partial charge in [-0.15, -0.1) is 0 Å². The Hall–Kier alpha value is -1.12. The molecule has 0 saturated carbocycles.